The minimum Gasteiger partial charge on any atom is -0.497 e. The third-order valence-corrected chi connectivity index (χ3v) is 4.07. The van der Waals surface area contributed by atoms with Crippen molar-refractivity contribution >= 4 is 12.0 Å². The quantitative estimate of drug-likeness (QED) is 0.634. The van der Waals surface area contributed by atoms with Crippen molar-refractivity contribution in [2.45, 2.75) is 0 Å². The molecule has 1 saturated heterocycles. The van der Waals surface area contributed by atoms with E-state index in [1.54, 1.807) is 18.1 Å². The van der Waals surface area contributed by atoms with Crippen LogP contribution in [-0.4, -0.2) is 48.8 Å². The van der Waals surface area contributed by atoms with Gasteiger partial charge in [-0.25, -0.2) is 0 Å². The molecule has 6 heteroatoms. The molecule has 0 spiro atoms. The van der Waals surface area contributed by atoms with Crippen LogP contribution in [0.2, 0.25) is 0 Å². The first-order chi connectivity index (χ1) is 12.2. The van der Waals surface area contributed by atoms with Crippen LogP contribution in [0.5, 0.6) is 5.75 Å². The number of aromatic nitrogens is 1. The van der Waals surface area contributed by atoms with Gasteiger partial charge < -0.3 is 18.9 Å². The zero-order valence-electron chi connectivity index (χ0n) is 14.0. The molecule has 2 aromatic rings. The van der Waals surface area contributed by atoms with Gasteiger partial charge in [0.1, 0.15) is 17.4 Å². The van der Waals surface area contributed by atoms with E-state index in [4.69, 9.17) is 9.47 Å². The third kappa shape index (κ3) is 3.73. The fraction of sp³-hybridized carbons (Fsp3) is 0.263. The van der Waals surface area contributed by atoms with E-state index in [0.29, 0.717) is 26.3 Å². The number of morpholine rings is 1. The number of benzene rings is 1. The van der Waals surface area contributed by atoms with E-state index >= 15 is 0 Å². The Balaban J connectivity index is 1.88. The topological polar surface area (TPSA) is 67.5 Å². The van der Waals surface area contributed by atoms with Crippen molar-refractivity contribution in [1.82, 2.24) is 9.47 Å². The molecule has 0 unspecified atom stereocenters. The highest BCUT2D eigenvalue weighted by Gasteiger charge is 2.21. The van der Waals surface area contributed by atoms with Crippen LogP contribution in [0.25, 0.3) is 11.8 Å². The first-order valence-corrected chi connectivity index (χ1v) is 8.03. The van der Waals surface area contributed by atoms with Crippen LogP contribution in [0.4, 0.5) is 0 Å². The summed E-state index contributed by atoms with van der Waals surface area (Å²) in [4.78, 5) is 14.2. The zero-order valence-corrected chi connectivity index (χ0v) is 14.0. The normalized spacial score (nSPS) is 14.9. The molecule has 6 nitrogen and oxygen atoms in total. The summed E-state index contributed by atoms with van der Waals surface area (Å²) in [5, 5.41) is 9.43. The van der Waals surface area contributed by atoms with Gasteiger partial charge in [-0.05, 0) is 42.5 Å². The van der Waals surface area contributed by atoms with Crippen molar-refractivity contribution in [2.75, 3.05) is 33.4 Å². The molecule has 1 fully saturated rings. The zero-order chi connectivity index (χ0) is 17.6. The van der Waals surface area contributed by atoms with E-state index < -0.39 is 0 Å². The van der Waals surface area contributed by atoms with Crippen molar-refractivity contribution in [3.63, 3.8) is 0 Å². The summed E-state index contributed by atoms with van der Waals surface area (Å²) in [6, 6.07) is 13.4. The third-order valence-electron chi connectivity index (χ3n) is 4.07. The summed E-state index contributed by atoms with van der Waals surface area (Å²) in [7, 11) is 1.62. The van der Waals surface area contributed by atoms with Gasteiger partial charge >= 0.3 is 0 Å². The predicted molar refractivity (Wildman–Crippen MR) is 93.3 cm³/mol. The first kappa shape index (κ1) is 16.8. The number of nitriles is 1. The fourth-order valence-corrected chi connectivity index (χ4v) is 2.72. The lowest BCUT2D eigenvalue weighted by Gasteiger charge is -2.26. The van der Waals surface area contributed by atoms with Crippen LogP contribution in [0.1, 0.15) is 5.69 Å². The van der Waals surface area contributed by atoms with Crippen molar-refractivity contribution in [3.8, 4) is 17.5 Å². The van der Waals surface area contributed by atoms with Crippen molar-refractivity contribution in [3.05, 3.63) is 53.9 Å². The van der Waals surface area contributed by atoms with E-state index in [1.807, 2.05) is 53.2 Å². The molecule has 0 atom stereocenters. The average molecular weight is 337 g/mol. The maximum Gasteiger partial charge on any atom is 0.264 e. The Kier molecular flexibility index (Phi) is 5.17. The highest BCUT2D eigenvalue weighted by atomic mass is 16.5. The van der Waals surface area contributed by atoms with Gasteiger partial charge in [-0.3, -0.25) is 4.79 Å². The minimum atomic E-state index is -0.256. The summed E-state index contributed by atoms with van der Waals surface area (Å²) in [5.41, 5.74) is 1.81. The summed E-state index contributed by atoms with van der Waals surface area (Å²) in [6.45, 7) is 2.04. The molecular formula is C19H19N3O3. The SMILES string of the molecule is COc1ccc(-n2cccc2/C=C(/C#N)C(=O)N2CCOCC2)cc1. The monoisotopic (exact) mass is 337 g/mol. The Morgan fingerprint density at radius 1 is 1.24 bits per heavy atom. The molecule has 128 valence electrons. The van der Waals surface area contributed by atoms with E-state index in [2.05, 4.69) is 0 Å². The van der Waals surface area contributed by atoms with Gasteiger partial charge in [0.05, 0.1) is 20.3 Å². The van der Waals surface area contributed by atoms with Crippen LogP contribution in [0, 0.1) is 11.3 Å². The molecule has 1 aromatic heterocycles. The fourth-order valence-electron chi connectivity index (χ4n) is 2.72. The number of methoxy groups -OCH3 is 1. The molecule has 25 heavy (non-hydrogen) atoms. The number of hydrogen-bond acceptors (Lipinski definition) is 4. The van der Waals surface area contributed by atoms with Gasteiger partial charge in [0, 0.05) is 30.7 Å². The molecule has 0 radical (unpaired) electrons. The Morgan fingerprint density at radius 3 is 2.60 bits per heavy atom. The molecule has 1 aromatic carbocycles. The molecule has 2 heterocycles. The van der Waals surface area contributed by atoms with Gasteiger partial charge in [-0.1, -0.05) is 0 Å². The standard InChI is InChI=1S/C19H19N3O3/c1-24-18-6-4-16(5-7-18)22-8-2-3-17(22)13-15(14-20)19(23)21-9-11-25-12-10-21/h2-8,13H,9-12H2,1H3/b15-13-. The number of rotatable bonds is 4. The number of hydrogen-bond donors (Lipinski definition) is 0. The number of nitrogens with zero attached hydrogens (tertiary/aromatic N) is 3. The molecule has 1 aliphatic heterocycles. The van der Waals surface area contributed by atoms with E-state index in [-0.39, 0.29) is 11.5 Å². The lowest BCUT2D eigenvalue weighted by molar-refractivity contribution is -0.130. The van der Waals surface area contributed by atoms with Gasteiger partial charge in [0.2, 0.25) is 0 Å². The average Bonchev–Trinajstić information content (AvgIpc) is 3.14. The molecule has 0 saturated carbocycles. The molecule has 0 bridgehead atoms. The second kappa shape index (κ2) is 7.69. The predicted octanol–water partition coefficient (Wildman–Crippen LogP) is 2.25. The lowest BCUT2D eigenvalue weighted by atomic mass is 10.2. The number of carbonyl (C=O) groups excluding carboxylic acids is 1. The Morgan fingerprint density at radius 2 is 1.96 bits per heavy atom. The maximum absolute atomic E-state index is 12.5. The Hall–Kier alpha value is -3.04. The van der Waals surface area contributed by atoms with Gasteiger partial charge in [-0.15, -0.1) is 0 Å². The highest BCUT2D eigenvalue weighted by Crippen LogP contribution is 2.19. The maximum atomic E-state index is 12.5. The van der Waals surface area contributed by atoms with Crippen molar-refractivity contribution < 1.29 is 14.3 Å². The van der Waals surface area contributed by atoms with Crippen LogP contribution in [0.15, 0.2) is 48.2 Å². The molecular weight excluding hydrogens is 318 g/mol. The number of amides is 1. The van der Waals surface area contributed by atoms with Crippen LogP contribution in [0.3, 0.4) is 0 Å². The summed E-state index contributed by atoms with van der Waals surface area (Å²) in [5.74, 6) is 0.515. The van der Waals surface area contributed by atoms with E-state index in [9.17, 15) is 10.1 Å². The first-order valence-electron chi connectivity index (χ1n) is 8.03. The molecule has 0 N–H and O–H groups in total. The second-order valence-corrected chi connectivity index (χ2v) is 5.58. The van der Waals surface area contributed by atoms with Crippen LogP contribution in [-0.2, 0) is 9.53 Å². The van der Waals surface area contributed by atoms with Gasteiger partial charge in [-0.2, -0.15) is 5.26 Å². The van der Waals surface area contributed by atoms with Crippen LogP contribution < -0.4 is 4.74 Å². The molecule has 1 amide bonds. The van der Waals surface area contributed by atoms with Crippen molar-refractivity contribution in [2.24, 2.45) is 0 Å². The Bertz CT molecular complexity index is 809. The summed E-state index contributed by atoms with van der Waals surface area (Å²) < 4.78 is 12.3. The highest BCUT2D eigenvalue weighted by molar-refractivity contribution is 6.01. The summed E-state index contributed by atoms with van der Waals surface area (Å²) in [6.07, 6.45) is 3.52. The lowest BCUT2D eigenvalue weighted by Crippen LogP contribution is -2.41. The second-order valence-electron chi connectivity index (χ2n) is 5.58. The summed E-state index contributed by atoms with van der Waals surface area (Å²) >= 11 is 0. The minimum absolute atomic E-state index is 0.121. The van der Waals surface area contributed by atoms with E-state index in [1.165, 1.54) is 0 Å². The van der Waals surface area contributed by atoms with Gasteiger partial charge in [0.25, 0.3) is 5.91 Å². The molecule has 0 aliphatic carbocycles. The largest absolute Gasteiger partial charge is 0.497 e. The van der Waals surface area contributed by atoms with Gasteiger partial charge in [0.15, 0.2) is 0 Å². The smallest absolute Gasteiger partial charge is 0.264 e. The number of carbonyl (C=O) groups is 1. The Labute approximate surface area is 146 Å². The molecule has 1 aliphatic rings. The van der Waals surface area contributed by atoms with E-state index in [0.717, 1.165) is 17.1 Å². The van der Waals surface area contributed by atoms with Crippen molar-refractivity contribution in [1.29, 1.82) is 5.26 Å². The number of ether oxygens (including phenoxy) is 2. The van der Waals surface area contributed by atoms with Crippen LogP contribution >= 0.6 is 0 Å². The molecule has 3 rings (SSSR count).